The summed E-state index contributed by atoms with van der Waals surface area (Å²) < 4.78 is 12.3. The molecule has 0 saturated heterocycles. The Labute approximate surface area is 119 Å². The zero-order valence-corrected chi connectivity index (χ0v) is 12.2. The van der Waals surface area contributed by atoms with Crippen molar-refractivity contribution in [3.05, 3.63) is 42.2 Å². The van der Waals surface area contributed by atoms with E-state index in [1.54, 1.807) is 11.8 Å². The van der Waals surface area contributed by atoms with Crippen LogP contribution in [0.3, 0.4) is 0 Å². The van der Waals surface area contributed by atoms with Gasteiger partial charge in [0.2, 0.25) is 0 Å². The van der Waals surface area contributed by atoms with E-state index in [2.05, 4.69) is 17.3 Å². The number of benzene rings is 1. The maximum absolute atomic E-state index is 5.53. The van der Waals surface area contributed by atoms with E-state index in [9.17, 15) is 0 Å². The van der Waals surface area contributed by atoms with Gasteiger partial charge in [-0.05, 0) is 31.2 Å². The summed E-state index contributed by atoms with van der Waals surface area (Å²) in [5.74, 6) is 0.849. The van der Waals surface area contributed by atoms with Crippen LogP contribution in [0.5, 0.6) is 5.75 Å². The molecule has 1 heterocycles. The van der Waals surface area contributed by atoms with Gasteiger partial charge in [0, 0.05) is 31.6 Å². The van der Waals surface area contributed by atoms with Gasteiger partial charge in [0.25, 0.3) is 0 Å². The van der Waals surface area contributed by atoms with Crippen LogP contribution in [0, 0.1) is 0 Å². The summed E-state index contributed by atoms with van der Waals surface area (Å²) in [5, 5.41) is 7.61. The van der Waals surface area contributed by atoms with Gasteiger partial charge in [-0.1, -0.05) is 0 Å². The smallest absolute Gasteiger partial charge is 0.119 e. The number of anilines is 1. The minimum Gasteiger partial charge on any atom is -0.491 e. The Morgan fingerprint density at radius 1 is 1.25 bits per heavy atom. The summed E-state index contributed by atoms with van der Waals surface area (Å²) in [6.07, 6.45) is 3.89. The number of aromatic nitrogens is 2. The zero-order valence-electron chi connectivity index (χ0n) is 12.2. The Kier molecular flexibility index (Phi) is 5.01. The lowest BCUT2D eigenvalue weighted by Gasteiger charge is -2.14. The maximum Gasteiger partial charge on any atom is 0.119 e. The summed E-state index contributed by atoms with van der Waals surface area (Å²) in [7, 11) is 3.58. The number of hydrogen-bond acceptors (Lipinski definition) is 4. The standard InChI is InChI=1S/C15H21N3O2/c1-12(13-10-16-18(2)11-13)17-14-4-6-15(7-5-14)20-9-8-19-3/h4-7,10-12,17H,8-9H2,1-3H3. The molecule has 0 saturated carbocycles. The first kappa shape index (κ1) is 14.4. The first-order chi connectivity index (χ1) is 9.69. The van der Waals surface area contributed by atoms with Crippen molar-refractivity contribution in [1.29, 1.82) is 0 Å². The molecular weight excluding hydrogens is 254 g/mol. The van der Waals surface area contributed by atoms with Gasteiger partial charge in [-0.25, -0.2) is 0 Å². The Bertz CT molecular complexity index is 522. The molecular formula is C15H21N3O2. The fourth-order valence-corrected chi connectivity index (χ4v) is 1.89. The SMILES string of the molecule is COCCOc1ccc(NC(C)c2cnn(C)c2)cc1. The van der Waals surface area contributed by atoms with Crippen molar-refractivity contribution in [2.75, 3.05) is 25.6 Å². The molecule has 0 aliphatic rings. The second-order valence-corrected chi connectivity index (χ2v) is 4.68. The van der Waals surface area contributed by atoms with Crippen molar-refractivity contribution in [2.24, 2.45) is 7.05 Å². The van der Waals surface area contributed by atoms with Gasteiger partial charge in [0.15, 0.2) is 0 Å². The third-order valence-electron chi connectivity index (χ3n) is 3.02. The third-order valence-corrected chi connectivity index (χ3v) is 3.02. The van der Waals surface area contributed by atoms with Gasteiger partial charge in [-0.3, -0.25) is 4.68 Å². The fraction of sp³-hybridized carbons (Fsp3) is 0.400. The van der Waals surface area contributed by atoms with Crippen LogP contribution in [0.1, 0.15) is 18.5 Å². The average Bonchev–Trinajstić information content (AvgIpc) is 2.88. The second kappa shape index (κ2) is 6.96. The third kappa shape index (κ3) is 3.99. The highest BCUT2D eigenvalue weighted by molar-refractivity contribution is 5.47. The predicted molar refractivity (Wildman–Crippen MR) is 79.1 cm³/mol. The number of aryl methyl sites for hydroxylation is 1. The van der Waals surface area contributed by atoms with Gasteiger partial charge in [0.05, 0.1) is 18.8 Å². The average molecular weight is 275 g/mol. The quantitative estimate of drug-likeness (QED) is 0.789. The minimum atomic E-state index is 0.212. The van der Waals surface area contributed by atoms with Crippen molar-refractivity contribution < 1.29 is 9.47 Å². The molecule has 1 unspecified atom stereocenters. The molecule has 0 fully saturated rings. The van der Waals surface area contributed by atoms with Crippen molar-refractivity contribution in [3.63, 3.8) is 0 Å². The van der Waals surface area contributed by atoms with Crippen molar-refractivity contribution in [3.8, 4) is 5.75 Å². The molecule has 20 heavy (non-hydrogen) atoms. The fourth-order valence-electron chi connectivity index (χ4n) is 1.89. The molecule has 0 aliphatic carbocycles. The molecule has 1 aromatic heterocycles. The number of methoxy groups -OCH3 is 1. The summed E-state index contributed by atoms with van der Waals surface area (Å²) in [6.45, 7) is 3.27. The van der Waals surface area contributed by atoms with Gasteiger partial charge in [0.1, 0.15) is 12.4 Å². The second-order valence-electron chi connectivity index (χ2n) is 4.68. The number of nitrogens with zero attached hydrogens (tertiary/aromatic N) is 2. The number of nitrogens with one attached hydrogen (secondary N) is 1. The summed E-state index contributed by atoms with van der Waals surface area (Å²) in [6, 6.07) is 8.13. The molecule has 0 bridgehead atoms. The topological polar surface area (TPSA) is 48.3 Å². The molecule has 1 aromatic carbocycles. The number of ether oxygens (including phenoxy) is 2. The molecule has 0 spiro atoms. The highest BCUT2D eigenvalue weighted by Crippen LogP contribution is 2.21. The van der Waals surface area contributed by atoms with E-state index < -0.39 is 0 Å². The summed E-state index contributed by atoms with van der Waals surface area (Å²) >= 11 is 0. The van der Waals surface area contributed by atoms with Crippen molar-refractivity contribution in [2.45, 2.75) is 13.0 Å². The lowest BCUT2D eigenvalue weighted by Crippen LogP contribution is -2.06. The highest BCUT2D eigenvalue weighted by atomic mass is 16.5. The highest BCUT2D eigenvalue weighted by Gasteiger charge is 2.07. The molecule has 2 rings (SSSR count). The van der Waals surface area contributed by atoms with E-state index in [0.717, 1.165) is 17.0 Å². The van der Waals surface area contributed by atoms with Crippen LogP contribution < -0.4 is 10.1 Å². The normalized spacial score (nSPS) is 12.2. The molecule has 5 heteroatoms. The molecule has 0 radical (unpaired) electrons. The van der Waals surface area contributed by atoms with Crippen LogP contribution in [-0.4, -0.2) is 30.1 Å². The van der Waals surface area contributed by atoms with Crippen molar-refractivity contribution in [1.82, 2.24) is 9.78 Å². The van der Waals surface area contributed by atoms with E-state index in [-0.39, 0.29) is 6.04 Å². The molecule has 1 N–H and O–H groups in total. The van der Waals surface area contributed by atoms with Gasteiger partial charge in [-0.15, -0.1) is 0 Å². The van der Waals surface area contributed by atoms with Crippen LogP contribution in [-0.2, 0) is 11.8 Å². The first-order valence-corrected chi connectivity index (χ1v) is 6.66. The van der Waals surface area contributed by atoms with Crippen LogP contribution in [0.15, 0.2) is 36.7 Å². The van der Waals surface area contributed by atoms with Crippen molar-refractivity contribution >= 4 is 5.69 Å². The van der Waals surface area contributed by atoms with Gasteiger partial charge < -0.3 is 14.8 Å². The summed E-state index contributed by atoms with van der Waals surface area (Å²) in [4.78, 5) is 0. The van der Waals surface area contributed by atoms with Crippen LogP contribution >= 0.6 is 0 Å². The molecule has 0 amide bonds. The Hall–Kier alpha value is -2.01. The minimum absolute atomic E-state index is 0.212. The molecule has 0 aliphatic heterocycles. The van der Waals surface area contributed by atoms with Crippen LogP contribution in [0.2, 0.25) is 0 Å². The first-order valence-electron chi connectivity index (χ1n) is 6.66. The monoisotopic (exact) mass is 275 g/mol. The molecule has 2 aromatic rings. The Morgan fingerprint density at radius 3 is 2.60 bits per heavy atom. The number of rotatable bonds is 7. The molecule has 5 nitrogen and oxygen atoms in total. The largest absolute Gasteiger partial charge is 0.491 e. The van der Waals surface area contributed by atoms with Crippen LogP contribution in [0.4, 0.5) is 5.69 Å². The van der Waals surface area contributed by atoms with E-state index in [1.165, 1.54) is 0 Å². The van der Waals surface area contributed by atoms with Gasteiger partial charge in [-0.2, -0.15) is 5.10 Å². The Morgan fingerprint density at radius 2 is 2.00 bits per heavy atom. The Balaban J connectivity index is 1.90. The molecule has 108 valence electrons. The van der Waals surface area contributed by atoms with Gasteiger partial charge >= 0.3 is 0 Å². The van der Waals surface area contributed by atoms with Crippen LogP contribution in [0.25, 0.3) is 0 Å². The molecule has 1 atom stereocenters. The zero-order chi connectivity index (χ0) is 14.4. The lowest BCUT2D eigenvalue weighted by molar-refractivity contribution is 0.146. The predicted octanol–water partition coefficient (Wildman–Crippen LogP) is 2.62. The maximum atomic E-state index is 5.53. The van der Waals surface area contributed by atoms with E-state index >= 15 is 0 Å². The summed E-state index contributed by atoms with van der Waals surface area (Å²) in [5.41, 5.74) is 2.22. The number of hydrogen-bond donors (Lipinski definition) is 1. The van der Waals surface area contributed by atoms with E-state index in [0.29, 0.717) is 13.2 Å². The van der Waals surface area contributed by atoms with E-state index in [4.69, 9.17) is 9.47 Å². The van der Waals surface area contributed by atoms with E-state index in [1.807, 2.05) is 43.7 Å². The lowest BCUT2D eigenvalue weighted by atomic mass is 10.2.